The molecule has 2 heterocycles. The van der Waals surface area contributed by atoms with Gasteiger partial charge in [0.15, 0.2) is 6.29 Å². The Hall–Kier alpha value is -2.02. The summed E-state index contributed by atoms with van der Waals surface area (Å²) in [6.07, 6.45) is 2.99. The fourth-order valence-electron chi connectivity index (χ4n) is 3.43. The number of hydrogen-bond acceptors (Lipinski definition) is 6. The molecule has 0 spiro atoms. The van der Waals surface area contributed by atoms with Crippen molar-refractivity contribution in [3.05, 3.63) is 48.0 Å². The summed E-state index contributed by atoms with van der Waals surface area (Å²) in [5.74, 6) is -1.97. The molecule has 3 atom stereocenters. The standard InChI is InChI=1S/C20H24O6/c1-3-23-19(24-4-2)20-11-10-16(26-20)15(12-20)17(21)18(22)25-13-14-8-6-5-7-9-14/h5-11,15-16,19H,3-4,12-13H2,1-2H3. The first kappa shape index (κ1) is 18.8. The molecule has 26 heavy (non-hydrogen) atoms. The van der Waals surface area contributed by atoms with E-state index in [9.17, 15) is 9.59 Å². The molecule has 3 rings (SSSR count). The quantitative estimate of drug-likeness (QED) is 0.291. The molecule has 3 unspecified atom stereocenters. The molecule has 0 radical (unpaired) electrons. The number of carbonyl (C=O) groups is 2. The normalized spacial score (nSPS) is 26.4. The number of rotatable bonds is 9. The van der Waals surface area contributed by atoms with Gasteiger partial charge < -0.3 is 18.9 Å². The zero-order valence-corrected chi connectivity index (χ0v) is 15.1. The highest BCUT2D eigenvalue weighted by Gasteiger charge is 2.57. The van der Waals surface area contributed by atoms with E-state index in [4.69, 9.17) is 18.9 Å². The zero-order chi connectivity index (χ0) is 18.6. The average Bonchev–Trinajstić information content (AvgIpc) is 3.26. The molecule has 140 valence electrons. The number of Topliss-reactive ketones (excluding diaryl/α,β-unsaturated/α-hetero) is 1. The Bertz CT molecular complexity index is 664. The Labute approximate surface area is 153 Å². The molecule has 0 amide bonds. The van der Waals surface area contributed by atoms with Crippen molar-refractivity contribution in [1.82, 2.24) is 0 Å². The Morgan fingerprint density at radius 1 is 1.19 bits per heavy atom. The molecule has 6 nitrogen and oxygen atoms in total. The van der Waals surface area contributed by atoms with E-state index in [0.29, 0.717) is 19.6 Å². The fourth-order valence-corrected chi connectivity index (χ4v) is 3.43. The minimum atomic E-state index is -0.831. The van der Waals surface area contributed by atoms with Gasteiger partial charge in [0.05, 0.1) is 12.0 Å². The molecule has 2 aliphatic heterocycles. The lowest BCUT2D eigenvalue weighted by atomic mass is 9.83. The average molecular weight is 360 g/mol. The maximum absolute atomic E-state index is 12.6. The van der Waals surface area contributed by atoms with Crippen LogP contribution in [0.15, 0.2) is 42.5 Å². The molecule has 0 saturated carbocycles. The van der Waals surface area contributed by atoms with E-state index in [0.717, 1.165) is 5.56 Å². The summed E-state index contributed by atoms with van der Waals surface area (Å²) in [7, 11) is 0. The smallest absolute Gasteiger partial charge is 0.375 e. The summed E-state index contributed by atoms with van der Waals surface area (Å²) in [6.45, 7) is 4.75. The Morgan fingerprint density at radius 2 is 1.88 bits per heavy atom. The Morgan fingerprint density at radius 3 is 2.54 bits per heavy atom. The molecule has 2 aliphatic rings. The predicted octanol–water partition coefficient (Wildman–Crippen LogP) is 2.41. The molecular weight excluding hydrogens is 336 g/mol. The monoisotopic (exact) mass is 360 g/mol. The van der Waals surface area contributed by atoms with Crippen LogP contribution in [0.4, 0.5) is 0 Å². The molecule has 2 bridgehead atoms. The second-order valence-electron chi connectivity index (χ2n) is 6.38. The van der Waals surface area contributed by atoms with Gasteiger partial charge in [-0.2, -0.15) is 0 Å². The van der Waals surface area contributed by atoms with Gasteiger partial charge in [-0.15, -0.1) is 0 Å². The summed E-state index contributed by atoms with van der Waals surface area (Å²) >= 11 is 0. The van der Waals surface area contributed by atoms with Crippen LogP contribution in [0.5, 0.6) is 0 Å². The number of ketones is 1. The topological polar surface area (TPSA) is 71.1 Å². The summed E-state index contributed by atoms with van der Waals surface area (Å²) in [5.41, 5.74) is 0.0125. The first-order chi connectivity index (χ1) is 12.6. The minimum Gasteiger partial charge on any atom is -0.455 e. The van der Waals surface area contributed by atoms with E-state index in [-0.39, 0.29) is 6.61 Å². The molecule has 1 saturated heterocycles. The predicted molar refractivity (Wildman–Crippen MR) is 93.1 cm³/mol. The summed E-state index contributed by atoms with van der Waals surface area (Å²) in [4.78, 5) is 24.8. The van der Waals surface area contributed by atoms with Crippen LogP contribution in [0.1, 0.15) is 25.8 Å². The molecule has 0 N–H and O–H groups in total. The third kappa shape index (κ3) is 3.72. The first-order valence-electron chi connectivity index (χ1n) is 8.95. The van der Waals surface area contributed by atoms with Gasteiger partial charge in [0.1, 0.15) is 12.2 Å². The van der Waals surface area contributed by atoms with Crippen LogP contribution in [-0.2, 0) is 35.1 Å². The van der Waals surface area contributed by atoms with Crippen LogP contribution in [0.25, 0.3) is 0 Å². The van der Waals surface area contributed by atoms with Gasteiger partial charge in [0, 0.05) is 13.2 Å². The van der Waals surface area contributed by atoms with Crippen LogP contribution in [0, 0.1) is 5.92 Å². The van der Waals surface area contributed by atoms with Crippen LogP contribution in [-0.4, -0.2) is 43.0 Å². The van der Waals surface area contributed by atoms with Crippen molar-refractivity contribution < 1.29 is 28.5 Å². The molecule has 1 aromatic rings. The second kappa shape index (κ2) is 8.12. The fraction of sp³-hybridized carbons (Fsp3) is 0.500. The largest absolute Gasteiger partial charge is 0.455 e. The van der Waals surface area contributed by atoms with Gasteiger partial charge >= 0.3 is 5.97 Å². The van der Waals surface area contributed by atoms with Gasteiger partial charge in [0.2, 0.25) is 5.78 Å². The molecule has 1 fully saturated rings. The lowest BCUT2D eigenvalue weighted by Gasteiger charge is -2.32. The number of ether oxygens (including phenoxy) is 4. The maximum atomic E-state index is 12.6. The second-order valence-corrected chi connectivity index (χ2v) is 6.38. The molecule has 1 aromatic carbocycles. The maximum Gasteiger partial charge on any atom is 0.375 e. The lowest BCUT2D eigenvalue weighted by molar-refractivity contribution is -0.220. The van der Waals surface area contributed by atoms with E-state index < -0.39 is 35.7 Å². The van der Waals surface area contributed by atoms with Crippen LogP contribution in [0.3, 0.4) is 0 Å². The number of carbonyl (C=O) groups excluding carboxylic acids is 2. The van der Waals surface area contributed by atoms with E-state index in [1.807, 2.05) is 56.3 Å². The number of esters is 1. The van der Waals surface area contributed by atoms with E-state index in [2.05, 4.69) is 0 Å². The molecule has 6 heteroatoms. The van der Waals surface area contributed by atoms with Crippen LogP contribution in [0.2, 0.25) is 0 Å². The Balaban J connectivity index is 1.62. The van der Waals surface area contributed by atoms with Crippen molar-refractivity contribution in [1.29, 1.82) is 0 Å². The number of hydrogen-bond donors (Lipinski definition) is 0. The minimum absolute atomic E-state index is 0.0746. The summed E-state index contributed by atoms with van der Waals surface area (Å²) in [5, 5.41) is 0. The highest BCUT2D eigenvalue weighted by atomic mass is 16.7. The summed E-state index contributed by atoms with van der Waals surface area (Å²) in [6, 6.07) is 9.26. The van der Waals surface area contributed by atoms with Gasteiger partial charge in [-0.05, 0) is 31.9 Å². The SMILES string of the molecule is CCOC(OCC)C12C=CC(O1)C(C(=O)C(=O)OCc1ccccc1)C2. The van der Waals surface area contributed by atoms with E-state index >= 15 is 0 Å². The van der Waals surface area contributed by atoms with Crippen molar-refractivity contribution in [2.45, 2.75) is 44.9 Å². The van der Waals surface area contributed by atoms with Crippen molar-refractivity contribution >= 4 is 11.8 Å². The van der Waals surface area contributed by atoms with Crippen molar-refractivity contribution in [3.63, 3.8) is 0 Å². The number of benzene rings is 1. The molecule has 0 aliphatic carbocycles. The molecular formula is C20H24O6. The van der Waals surface area contributed by atoms with E-state index in [1.165, 1.54) is 0 Å². The van der Waals surface area contributed by atoms with E-state index in [1.54, 1.807) is 0 Å². The third-order valence-electron chi connectivity index (χ3n) is 4.64. The highest BCUT2D eigenvalue weighted by Crippen LogP contribution is 2.46. The lowest BCUT2D eigenvalue weighted by Crippen LogP contribution is -2.43. The van der Waals surface area contributed by atoms with Gasteiger partial charge in [-0.3, -0.25) is 4.79 Å². The number of fused-ring (bicyclic) bond motifs is 2. The third-order valence-corrected chi connectivity index (χ3v) is 4.64. The van der Waals surface area contributed by atoms with Gasteiger partial charge in [-0.25, -0.2) is 4.79 Å². The first-order valence-corrected chi connectivity index (χ1v) is 8.95. The van der Waals surface area contributed by atoms with Crippen LogP contribution < -0.4 is 0 Å². The van der Waals surface area contributed by atoms with Gasteiger partial charge in [0.25, 0.3) is 0 Å². The zero-order valence-electron chi connectivity index (χ0n) is 15.1. The summed E-state index contributed by atoms with van der Waals surface area (Å²) < 4.78 is 22.5. The van der Waals surface area contributed by atoms with Crippen molar-refractivity contribution in [3.8, 4) is 0 Å². The highest BCUT2D eigenvalue weighted by molar-refractivity contribution is 6.34. The van der Waals surface area contributed by atoms with Crippen molar-refractivity contribution in [2.24, 2.45) is 5.92 Å². The van der Waals surface area contributed by atoms with Crippen molar-refractivity contribution in [2.75, 3.05) is 13.2 Å². The van der Waals surface area contributed by atoms with Crippen LogP contribution >= 0.6 is 0 Å². The Kier molecular flexibility index (Phi) is 5.86. The van der Waals surface area contributed by atoms with Gasteiger partial charge in [-0.1, -0.05) is 36.4 Å². The molecule has 0 aromatic heterocycles.